The van der Waals surface area contributed by atoms with E-state index in [4.69, 9.17) is 16.3 Å². The van der Waals surface area contributed by atoms with Gasteiger partial charge in [0.2, 0.25) is 5.91 Å². The van der Waals surface area contributed by atoms with Crippen LogP contribution in [0.3, 0.4) is 0 Å². The van der Waals surface area contributed by atoms with Crippen molar-refractivity contribution in [1.82, 2.24) is 14.5 Å². The Labute approximate surface area is 164 Å². The van der Waals surface area contributed by atoms with Crippen molar-refractivity contribution < 1.29 is 9.53 Å². The highest BCUT2D eigenvalue weighted by atomic mass is 35.5. The number of nitrogens with one attached hydrogen (secondary N) is 1. The van der Waals surface area contributed by atoms with Gasteiger partial charge in [-0.25, -0.2) is 9.97 Å². The molecule has 1 amide bonds. The molecule has 3 aromatic rings. The third-order valence-electron chi connectivity index (χ3n) is 3.67. The van der Waals surface area contributed by atoms with Gasteiger partial charge < -0.3 is 10.1 Å². The number of nitrogens with zero attached hydrogens (tertiary/aromatic N) is 3. The minimum Gasteiger partial charge on any atom is -0.383 e. The van der Waals surface area contributed by atoms with Gasteiger partial charge in [-0.3, -0.25) is 14.2 Å². The molecule has 3 rings (SSSR count). The van der Waals surface area contributed by atoms with Gasteiger partial charge in [0.15, 0.2) is 10.8 Å². The zero-order valence-electron chi connectivity index (χ0n) is 14.5. The second-order valence-corrected chi connectivity index (χ2v) is 6.94. The molecule has 0 unspecified atom stereocenters. The largest absolute Gasteiger partial charge is 0.383 e. The van der Waals surface area contributed by atoms with E-state index < -0.39 is 0 Å². The van der Waals surface area contributed by atoms with Gasteiger partial charge in [-0.1, -0.05) is 23.4 Å². The molecular formula is C18H17ClN4O3S. The Hall–Kier alpha value is -2.42. The van der Waals surface area contributed by atoms with Crippen molar-refractivity contribution in [3.05, 3.63) is 58.0 Å². The average Bonchev–Trinajstić information content (AvgIpc) is 2.68. The van der Waals surface area contributed by atoms with Crippen LogP contribution in [-0.2, 0) is 16.1 Å². The van der Waals surface area contributed by atoms with Crippen LogP contribution in [0.15, 0.2) is 52.5 Å². The van der Waals surface area contributed by atoms with E-state index in [1.807, 2.05) is 0 Å². The van der Waals surface area contributed by atoms with Gasteiger partial charge in [0.05, 0.1) is 24.3 Å². The first kappa shape index (κ1) is 19.3. The number of methoxy groups -OCH3 is 1. The first-order chi connectivity index (χ1) is 13.1. The molecule has 7 nitrogen and oxygen atoms in total. The molecule has 0 saturated heterocycles. The van der Waals surface area contributed by atoms with E-state index in [9.17, 15) is 9.59 Å². The number of carbonyl (C=O) groups excluding carboxylic acids is 1. The van der Waals surface area contributed by atoms with E-state index in [1.54, 1.807) is 49.7 Å². The van der Waals surface area contributed by atoms with Crippen molar-refractivity contribution in [2.24, 2.45) is 0 Å². The lowest BCUT2D eigenvalue weighted by Gasteiger charge is -2.12. The molecule has 2 heterocycles. The Morgan fingerprint density at radius 3 is 2.81 bits per heavy atom. The molecule has 9 heteroatoms. The highest BCUT2D eigenvalue weighted by Crippen LogP contribution is 2.18. The topological polar surface area (TPSA) is 86.1 Å². The molecule has 0 atom stereocenters. The molecule has 1 N–H and O–H groups in total. The standard InChI is InChI=1S/C18H17ClN4O3S/c1-26-10-9-23-17(25)14-3-2-8-20-16(14)22-18(23)27-11-15(24)21-13-6-4-12(19)5-7-13/h2-8H,9-11H2,1H3,(H,21,24). The predicted molar refractivity (Wildman–Crippen MR) is 106 cm³/mol. The minimum atomic E-state index is -0.212. The maximum absolute atomic E-state index is 12.7. The number of anilines is 1. The number of halogens is 1. The Kier molecular flexibility index (Phi) is 6.44. The monoisotopic (exact) mass is 404 g/mol. The molecule has 0 aliphatic rings. The van der Waals surface area contributed by atoms with E-state index in [2.05, 4.69) is 15.3 Å². The third-order valence-corrected chi connectivity index (χ3v) is 4.90. The fourth-order valence-corrected chi connectivity index (χ4v) is 3.33. The lowest BCUT2D eigenvalue weighted by Crippen LogP contribution is -2.26. The van der Waals surface area contributed by atoms with Crippen LogP contribution >= 0.6 is 23.4 Å². The van der Waals surface area contributed by atoms with Crippen molar-refractivity contribution >= 4 is 46.0 Å². The average molecular weight is 405 g/mol. The number of fused-ring (bicyclic) bond motifs is 1. The molecule has 0 fully saturated rings. The molecule has 27 heavy (non-hydrogen) atoms. The lowest BCUT2D eigenvalue weighted by molar-refractivity contribution is -0.113. The van der Waals surface area contributed by atoms with Gasteiger partial charge in [-0.2, -0.15) is 0 Å². The summed E-state index contributed by atoms with van der Waals surface area (Å²) >= 11 is 7.01. The van der Waals surface area contributed by atoms with Crippen LogP contribution in [0, 0.1) is 0 Å². The second-order valence-electron chi connectivity index (χ2n) is 5.56. The van der Waals surface area contributed by atoms with Crippen LogP contribution in [0.5, 0.6) is 0 Å². The van der Waals surface area contributed by atoms with Crippen molar-refractivity contribution in [2.75, 3.05) is 24.8 Å². The summed E-state index contributed by atoms with van der Waals surface area (Å²) in [6.07, 6.45) is 1.58. The summed E-state index contributed by atoms with van der Waals surface area (Å²) in [5.41, 5.74) is 0.803. The number of pyridine rings is 1. The van der Waals surface area contributed by atoms with Crippen molar-refractivity contribution in [3.63, 3.8) is 0 Å². The number of thioether (sulfide) groups is 1. The number of ether oxygens (including phenoxy) is 1. The summed E-state index contributed by atoms with van der Waals surface area (Å²) in [5, 5.41) is 4.23. The normalized spacial score (nSPS) is 10.9. The molecule has 2 aromatic heterocycles. The summed E-state index contributed by atoms with van der Waals surface area (Å²) in [5.74, 6) is -0.114. The maximum atomic E-state index is 12.7. The van der Waals surface area contributed by atoms with Crippen molar-refractivity contribution in [1.29, 1.82) is 0 Å². The molecule has 140 valence electrons. The molecule has 0 saturated carbocycles. The van der Waals surface area contributed by atoms with Gasteiger partial charge in [0, 0.05) is 24.0 Å². The fourth-order valence-electron chi connectivity index (χ4n) is 2.39. The summed E-state index contributed by atoms with van der Waals surface area (Å²) in [6, 6.07) is 10.2. The Balaban J connectivity index is 1.79. The fraction of sp³-hybridized carbons (Fsp3) is 0.222. The molecule has 0 spiro atoms. The van der Waals surface area contributed by atoms with E-state index in [-0.39, 0.29) is 17.2 Å². The Bertz CT molecular complexity index is 1010. The van der Waals surface area contributed by atoms with Gasteiger partial charge in [-0.15, -0.1) is 0 Å². The molecule has 0 bridgehead atoms. The SMILES string of the molecule is COCCn1c(SCC(=O)Nc2ccc(Cl)cc2)nc2ncccc2c1=O. The summed E-state index contributed by atoms with van der Waals surface area (Å²) < 4.78 is 6.59. The van der Waals surface area contributed by atoms with Gasteiger partial charge in [0.25, 0.3) is 5.56 Å². The van der Waals surface area contributed by atoms with E-state index in [1.165, 1.54) is 16.3 Å². The highest BCUT2D eigenvalue weighted by molar-refractivity contribution is 7.99. The minimum absolute atomic E-state index is 0.0976. The summed E-state index contributed by atoms with van der Waals surface area (Å²) in [6.45, 7) is 0.701. The molecule has 0 aliphatic carbocycles. The van der Waals surface area contributed by atoms with Crippen LogP contribution in [0.25, 0.3) is 11.0 Å². The number of hydrogen-bond donors (Lipinski definition) is 1. The first-order valence-corrected chi connectivity index (χ1v) is 9.47. The number of hydrogen-bond acceptors (Lipinski definition) is 6. The molecule has 0 radical (unpaired) electrons. The third kappa shape index (κ3) is 4.85. The maximum Gasteiger partial charge on any atom is 0.263 e. The number of carbonyl (C=O) groups is 1. The van der Waals surface area contributed by atoms with Crippen LogP contribution in [0.4, 0.5) is 5.69 Å². The number of rotatable bonds is 7. The zero-order valence-corrected chi connectivity index (χ0v) is 16.1. The van der Waals surface area contributed by atoms with Gasteiger partial charge in [-0.05, 0) is 36.4 Å². The quantitative estimate of drug-likeness (QED) is 0.481. The predicted octanol–water partition coefficient (Wildman–Crippen LogP) is 2.82. The Morgan fingerprint density at radius 2 is 2.07 bits per heavy atom. The summed E-state index contributed by atoms with van der Waals surface area (Å²) in [4.78, 5) is 33.5. The van der Waals surface area contributed by atoms with Crippen LogP contribution < -0.4 is 10.9 Å². The number of amides is 1. The first-order valence-electron chi connectivity index (χ1n) is 8.11. The molecule has 1 aromatic carbocycles. The van der Waals surface area contributed by atoms with E-state index in [0.717, 1.165) is 0 Å². The summed E-state index contributed by atoms with van der Waals surface area (Å²) in [7, 11) is 1.56. The number of aromatic nitrogens is 3. The Morgan fingerprint density at radius 1 is 1.30 bits per heavy atom. The lowest BCUT2D eigenvalue weighted by atomic mass is 10.3. The molecule has 0 aliphatic heterocycles. The van der Waals surface area contributed by atoms with Crippen LogP contribution in [-0.4, -0.2) is 39.9 Å². The van der Waals surface area contributed by atoms with Crippen molar-refractivity contribution in [3.8, 4) is 0 Å². The molecular weight excluding hydrogens is 388 g/mol. The van der Waals surface area contributed by atoms with Gasteiger partial charge in [0.1, 0.15) is 0 Å². The highest BCUT2D eigenvalue weighted by Gasteiger charge is 2.14. The number of benzene rings is 1. The zero-order chi connectivity index (χ0) is 19.2. The van der Waals surface area contributed by atoms with Crippen LogP contribution in [0.1, 0.15) is 0 Å². The second kappa shape index (κ2) is 8.98. The van der Waals surface area contributed by atoms with E-state index >= 15 is 0 Å². The van der Waals surface area contributed by atoms with Gasteiger partial charge >= 0.3 is 0 Å². The van der Waals surface area contributed by atoms with Crippen molar-refractivity contribution in [2.45, 2.75) is 11.7 Å². The smallest absolute Gasteiger partial charge is 0.263 e. The van der Waals surface area contributed by atoms with E-state index in [0.29, 0.717) is 40.1 Å². The van der Waals surface area contributed by atoms with Crippen LogP contribution in [0.2, 0.25) is 5.02 Å².